The van der Waals surface area contributed by atoms with Crippen LogP contribution in [0.25, 0.3) is 0 Å². The molecule has 1 heterocycles. The average molecular weight is 232 g/mol. The van der Waals surface area contributed by atoms with Crippen molar-refractivity contribution >= 4 is 18.1 Å². The SMILES string of the molecule is C[n+]1noc(NC(=O)c2ccccc2)c1C=O. The molecule has 0 atom stereocenters. The van der Waals surface area contributed by atoms with E-state index in [-0.39, 0.29) is 17.5 Å². The van der Waals surface area contributed by atoms with Gasteiger partial charge in [0, 0.05) is 5.56 Å². The minimum atomic E-state index is -0.356. The molecule has 0 aliphatic carbocycles. The number of hydrogen-bond acceptors (Lipinski definition) is 4. The number of nitrogens with zero attached hydrogens (tertiary/aromatic N) is 2. The van der Waals surface area contributed by atoms with Crippen molar-refractivity contribution in [2.45, 2.75) is 0 Å². The topological polar surface area (TPSA) is 76.1 Å². The molecule has 0 saturated heterocycles. The predicted octanol–water partition coefficient (Wildman–Crippen LogP) is 0.564. The number of aromatic nitrogens is 2. The number of aldehydes is 1. The minimum absolute atomic E-state index is 0.0383. The van der Waals surface area contributed by atoms with Crippen LogP contribution in [0.1, 0.15) is 20.8 Å². The van der Waals surface area contributed by atoms with E-state index in [0.29, 0.717) is 11.8 Å². The van der Waals surface area contributed by atoms with Crippen molar-refractivity contribution < 1.29 is 18.8 Å². The largest absolute Gasteiger partial charge is 0.337 e. The number of aryl methyl sites for hydroxylation is 1. The number of carbonyl (C=O) groups is 2. The molecule has 0 saturated carbocycles. The smallest absolute Gasteiger partial charge is 0.291 e. The van der Waals surface area contributed by atoms with Gasteiger partial charge >= 0.3 is 11.6 Å². The molecule has 0 bridgehead atoms. The maximum atomic E-state index is 11.8. The average Bonchev–Trinajstić information content (AvgIpc) is 2.71. The second-order valence-corrected chi connectivity index (χ2v) is 3.35. The highest BCUT2D eigenvalue weighted by Gasteiger charge is 2.22. The highest BCUT2D eigenvalue weighted by molar-refractivity contribution is 6.04. The van der Waals surface area contributed by atoms with E-state index in [1.54, 1.807) is 31.3 Å². The molecule has 0 aliphatic rings. The van der Waals surface area contributed by atoms with Crippen LogP contribution in [0.5, 0.6) is 0 Å². The molecule has 2 rings (SSSR count). The summed E-state index contributed by atoms with van der Waals surface area (Å²) in [6.07, 6.45) is 0.567. The summed E-state index contributed by atoms with van der Waals surface area (Å²) in [5.74, 6) is -0.318. The number of anilines is 1. The Balaban J connectivity index is 2.22. The van der Waals surface area contributed by atoms with Crippen LogP contribution in [0.4, 0.5) is 5.88 Å². The standard InChI is InChI=1S/C11H9N3O3/c1-14-9(7-15)11(17-13-14)12-10(16)8-5-3-2-4-6-8/h2-7H,1H3/p+1. The van der Waals surface area contributed by atoms with E-state index < -0.39 is 0 Å². The number of benzene rings is 1. The van der Waals surface area contributed by atoms with Gasteiger partial charge in [-0.05, 0) is 16.8 Å². The van der Waals surface area contributed by atoms with E-state index in [1.807, 2.05) is 6.07 Å². The second kappa shape index (κ2) is 4.56. The van der Waals surface area contributed by atoms with Gasteiger partial charge in [-0.25, -0.2) is 0 Å². The lowest BCUT2D eigenvalue weighted by atomic mass is 10.2. The zero-order chi connectivity index (χ0) is 12.3. The van der Waals surface area contributed by atoms with E-state index in [2.05, 4.69) is 10.6 Å². The Morgan fingerprint density at radius 1 is 1.41 bits per heavy atom. The number of amides is 1. The van der Waals surface area contributed by atoms with Crippen molar-refractivity contribution in [1.82, 2.24) is 5.27 Å². The predicted molar refractivity (Wildman–Crippen MR) is 57.5 cm³/mol. The molecule has 1 N–H and O–H groups in total. The Hall–Kier alpha value is -2.50. The van der Waals surface area contributed by atoms with Crippen LogP contribution >= 0.6 is 0 Å². The zero-order valence-corrected chi connectivity index (χ0v) is 9.08. The summed E-state index contributed by atoms with van der Waals surface area (Å²) in [6.45, 7) is 0. The first kappa shape index (κ1) is 11.0. The third-order valence-electron chi connectivity index (χ3n) is 2.21. The monoisotopic (exact) mass is 232 g/mol. The Morgan fingerprint density at radius 2 is 2.12 bits per heavy atom. The van der Waals surface area contributed by atoms with E-state index in [0.717, 1.165) is 0 Å². The summed E-state index contributed by atoms with van der Waals surface area (Å²) in [5, 5.41) is 6.01. The van der Waals surface area contributed by atoms with Gasteiger partial charge in [0.05, 0.1) is 0 Å². The quantitative estimate of drug-likeness (QED) is 0.619. The maximum Gasteiger partial charge on any atom is 0.337 e. The molecule has 0 aliphatic heterocycles. The molecule has 1 amide bonds. The molecule has 0 radical (unpaired) electrons. The van der Waals surface area contributed by atoms with Gasteiger partial charge in [0.1, 0.15) is 0 Å². The van der Waals surface area contributed by atoms with Crippen molar-refractivity contribution in [3.8, 4) is 0 Å². The van der Waals surface area contributed by atoms with Crippen LogP contribution in [0, 0.1) is 0 Å². The summed E-state index contributed by atoms with van der Waals surface area (Å²) < 4.78 is 6.07. The fourth-order valence-electron chi connectivity index (χ4n) is 1.32. The van der Waals surface area contributed by atoms with Crippen molar-refractivity contribution in [2.24, 2.45) is 7.05 Å². The van der Waals surface area contributed by atoms with Gasteiger partial charge in [0.2, 0.25) is 11.6 Å². The summed E-state index contributed by atoms with van der Waals surface area (Å²) in [4.78, 5) is 22.5. The van der Waals surface area contributed by atoms with Crippen molar-refractivity contribution in [1.29, 1.82) is 0 Å². The van der Waals surface area contributed by atoms with Crippen LogP contribution in [-0.2, 0) is 7.05 Å². The normalized spacial score (nSPS) is 9.94. The number of carbonyl (C=O) groups excluding carboxylic acids is 2. The van der Waals surface area contributed by atoms with Gasteiger partial charge in [0.25, 0.3) is 5.91 Å². The Labute approximate surface area is 96.8 Å². The Bertz CT molecular complexity index is 548. The van der Waals surface area contributed by atoms with Crippen LogP contribution in [0.2, 0.25) is 0 Å². The van der Waals surface area contributed by atoms with Crippen LogP contribution < -0.4 is 10.00 Å². The summed E-state index contributed by atoms with van der Waals surface area (Å²) >= 11 is 0. The van der Waals surface area contributed by atoms with Gasteiger partial charge in [-0.2, -0.15) is 0 Å². The third-order valence-corrected chi connectivity index (χ3v) is 2.21. The van der Waals surface area contributed by atoms with E-state index in [1.165, 1.54) is 4.68 Å². The van der Waals surface area contributed by atoms with E-state index >= 15 is 0 Å². The van der Waals surface area contributed by atoms with Gasteiger partial charge in [0.15, 0.2) is 7.05 Å². The fraction of sp³-hybridized carbons (Fsp3) is 0.0909. The molecular formula is C11H10N3O3+. The molecule has 1 aromatic heterocycles. The third kappa shape index (κ3) is 2.20. The summed E-state index contributed by atoms with van der Waals surface area (Å²) in [5.41, 5.74) is 0.651. The van der Waals surface area contributed by atoms with Gasteiger partial charge in [-0.3, -0.25) is 19.4 Å². The molecule has 6 nitrogen and oxygen atoms in total. The molecule has 86 valence electrons. The lowest BCUT2D eigenvalue weighted by Crippen LogP contribution is -2.34. The lowest BCUT2D eigenvalue weighted by molar-refractivity contribution is -0.740. The maximum absolute atomic E-state index is 11.8. The van der Waals surface area contributed by atoms with Crippen LogP contribution in [-0.4, -0.2) is 17.5 Å². The van der Waals surface area contributed by atoms with E-state index in [9.17, 15) is 9.59 Å². The molecule has 17 heavy (non-hydrogen) atoms. The first-order valence-electron chi connectivity index (χ1n) is 4.90. The number of hydrogen-bond donors (Lipinski definition) is 1. The highest BCUT2D eigenvalue weighted by Crippen LogP contribution is 2.09. The molecule has 0 fully saturated rings. The molecule has 6 heteroatoms. The number of nitrogens with one attached hydrogen (secondary N) is 1. The van der Waals surface area contributed by atoms with Gasteiger partial charge in [-0.15, -0.1) is 0 Å². The highest BCUT2D eigenvalue weighted by atomic mass is 16.5. The van der Waals surface area contributed by atoms with Crippen molar-refractivity contribution in [3.05, 3.63) is 41.6 Å². The molecule has 0 spiro atoms. The summed E-state index contributed by atoms with van der Waals surface area (Å²) in [6, 6.07) is 8.62. The first-order chi connectivity index (χ1) is 8.22. The van der Waals surface area contributed by atoms with Gasteiger partial charge < -0.3 is 0 Å². The minimum Gasteiger partial charge on any atom is -0.291 e. The molecular weight excluding hydrogens is 222 g/mol. The van der Waals surface area contributed by atoms with Crippen LogP contribution in [0.15, 0.2) is 34.9 Å². The zero-order valence-electron chi connectivity index (χ0n) is 9.08. The fourth-order valence-corrected chi connectivity index (χ4v) is 1.32. The van der Waals surface area contributed by atoms with Crippen molar-refractivity contribution in [2.75, 3.05) is 5.32 Å². The first-order valence-corrected chi connectivity index (χ1v) is 4.90. The van der Waals surface area contributed by atoms with Crippen LogP contribution in [0.3, 0.4) is 0 Å². The van der Waals surface area contributed by atoms with Crippen molar-refractivity contribution in [3.63, 3.8) is 0 Å². The Morgan fingerprint density at radius 3 is 2.76 bits per heavy atom. The lowest BCUT2D eigenvalue weighted by Gasteiger charge is -1.98. The Kier molecular flexibility index (Phi) is 2.95. The molecule has 2 aromatic rings. The second-order valence-electron chi connectivity index (χ2n) is 3.35. The number of rotatable bonds is 3. The molecule has 1 aromatic carbocycles. The summed E-state index contributed by atoms with van der Waals surface area (Å²) in [7, 11) is 1.55. The molecule has 0 unspecified atom stereocenters. The van der Waals surface area contributed by atoms with E-state index in [4.69, 9.17) is 4.52 Å². The van der Waals surface area contributed by atoms with Gasteiger partial charge in [-0.1, -0.05) is 18.2 Å².